The topological polar surface area (TPSA) is 65.2 Å². The normalized spacial score (nSPS) is 10.4. The third-order valence-electron chi connectivity index (χ3n) is 2.20. The van der Waals surface area contributed by atoms with Crippen LogP contribution in [0, 0.1) is 0 Å². The number of methoxy groups -OCH3 is 1. The molecule has 2 aromatic rings. The fourth-order valence-electron chi connectivity index (χ4n) is 1.40. The molecule has 0 aliphatic rings. The van der Waals surface area contributed by atoms with E-state index in [9.17, 15) is 4.79 Å². The standard InChI is InChI=1S/C11H8BrClN2O2S/c1-17-10(16)8-9(18-11(14)15-8)5-2-3-7(13)6(12)4-5/h2-4H,1H3,(H2,14,15). The summed E-state index contributed by atoms with van der Waals surface area (Å²) >= 11 is 10.5. The van der Waals surface area contributed by atoms with E-state index in [-0.39, 0.29) is 5.69 Å². The first-order chi connectivity index (χ1) is 8.52. The van der Waals surface area contributed by atoms with Crippen LogP contribution in [-0.4, -0.2) is 18.1 Å². The number of halogens is 2. The number of hydrogen-bond donors (Lipinski definition) is 1. The average Bonchev–Trinajstić information content (AvgIpc) is 2.74. The molecule has 1 heterocycles. The Hall–Kier alpha value is -1.11. The van der Waals surface area contributed by atoms with Crippen LogP contribution in [0.1, 0.15) is 10.5 Å². The quantitative estimate of drug-likeness (QED) is 0.843. The Morgan fingerprint density at radius 2 is 2.28 bits per heavy atom. The van der Waals surface area contributed by atoms with E-state index >= 15 is 0 Å². The summed E-state index contributed by atoms with van der Waals surface area (Å²) in [5.74, 6) is -0.510. The van der Waals surface area contributed by atoms with Crippen molar-refractivity contribution in [2.75, 3.05) is 12.8 Å². The van der Waals surface area contributed by atoms with Crippen LogP contribution < -0.4 is 5.73 Å². The van der Waals surface area contributed by atoms with Gasteiger partial charge in [0.05, 0.1) is 17.0 Å². The molecule has 2 N–H and O–H groups in total. The Morgan fingerprint density at radius 3 is 2.89 bits per heavy atom. The zero-order valence-corrected chi connectivity index (χ0v) is 12.4. The van der Waals surface area contributed by atoms with E-state index in [0.717, 1.165) is 10.0 Å². The van der Waals surface area contributed by atoms with Crippen LogP contribution in [0.4, 0.5) is 5.13 Å². The van der Waals surface area contributed by atoms with Crippen LogP contribution in [0.15, 0.2) is 22.7 Å². The van der Waals surface area contributed by atoms with Gasteiger partial charge in [0.15, 0.2) is 10.8 Å². The smallest absolute Gasteiger partial charge is 0.358 e. The van der Waals surface area contributed by atoms with Crippen molar-refractivity contribution in [3.8, 4) is 10.4 Å². The Kier molecular flexibility index (Phi) is 3.89. The number of hydrogen-bond acceptors (Lipinski definition) is 5. The van der Waals surface area contributed by atoms with Crippen molar-refractivity contribution in [3.63, 3.8) is 0 Å². The molecule has 0 atom stereocenters. The molecule has 18 heavy (non-hydrogen) atoms. The molecule has 0 saturated carbocycles. The Morgan fingerprint density at radius 1 is 1.56 bits per heavy atom. The van der Waals surface area contributed by atoms with Crippen molar-refractivity contribution in [2.45, 2.75) is 0 Å². The van der Waals surface area contributed by atoms with Gasteiger partial charge in [0.25, 0.3) is 0 Å². The number of nitrogen functional groups attached to an aromatic ring is 1. The second kappa shape index (κ2) is 5.26. The number of aromatic nitrogens is 1. The van der Waals surface area contributed by atoms with Crippen LogP contribution in [0.25, 0.3) is 10.4 Å². The predicted octanol–water partition coefficient (Wildman–Crippen LogP) is 3.59. The predicted molar refractivity (Wildman–Crippen MR) is 76.0 cm³/mol. The van der Waals surface area contributed by atoms with Crippen molar-refractivity contribution in [1.82, 2.24) is 4.98 Å². The number of nitrogens with two attached hydrogens (primary N) is 1. The van der Waals surface area contributed by atoms with Gasteiger partial charge in [-0.05, 0) is 33.6 Å². The lowest BCUT2D eigenvalue weighted by molar-refractivity contribution is 0.0596. The molecule has 0 fully saturated rings. The van der Waals surface area contributed by atoms with Crippen molar-refractivity contribution < 1.29 is 9.53 Å². The van der Waals surface area contributed by atoms with Crippen molar-refractivity contribution >= 4 is 50.0 Å². The summed E-state index contributed by atoms with van der Waals surface area (Å²) in [7, 11) is 1.30. The van der Waals surface area contributed by atoms with Gasteiger partial charge in [0, 0.05) is 4.47 Å². The molecule has 0 saturated heterocycles. The minimum absolute atomic E-state index is 0.217. The van der Waals surface area contributed by atoms with E-state index in [1.807, 2.05) is 6.07 Å². The first kappa shape index (κ1) is 13.3. The molecule has 0 aliphatic carbocycles. The number of carbonyl (C=O) groups is 1. The largest absolute Gasteiger partial charge is 0.464 e. The summed E-state index contributed by atoms with van der Waals surface area (Å²) in [4.78, 5) is 16.2. The molecule has 94 valence electrons. The van der Waals surface area contributed by atoms with Crippen LogP contribution in [0.3, 0.4) is 0 Å². The summed E-state index contributed by atoms with van der Waals surface area (Å²) in [6.07, 6.45) is 0. The van der Waals surface area contributed by atoms with Gasteiger partial charge in [0.1, 0.15) is 0 Å². The summed E-state index contributed by atoms with van der Waals surface area (Å²) in [6.45, 7) is 0. The van der Waals surface area contributed by atoms with Gasteiger partial charge in [-0.2, -0.15) is 0 Å². The Balaban J connectivity index is 2.56. The highest BCUT2D eigenvalue weighted by atomic mass is 79.9. The lowest BCUT2D eigenvalue weighted by Gasteiger charge is -2.02. The average molecular weight is 348 g/mol. The number of anilines is 1. The first-order valence-electron chi connectivity index (χ1n) is 4.83. The molecule has 1 aromatic heterocycles. The Bertz CT molecular complexity index is 615. The van der Waals surface area contributed by atoms with Crippen LogP contribution in [0.2, 0.25) is 5.02 Å². The summed E-state index contributed by atoms with van der Waals surface area (Å²) in [5, 5.41) is 0.910. The molecule has 4 nitrogen and oxygen atoms in total. The van der Waals surface area contributed by atoms with Gasteiger partial charge in [-0.25, -0.2) is 9.78 Å². The van der Waals surface area contributed by atoms with E-state index in [2.05, 4.69) is 25.7 Å². The fourth-order valence-corrected chi connectivity index (χ4v) is 2.72. The number of thiazole rings is 1. The molecule has 2 rings (SSSR count). The molecule has 1 aromatic carbocycles. The van der Waals surface area contributed by atoms with Crippen molar-refractivity contribution in [1.29, 1.82) is 0 Å². The molecular formula is C11H8BrClN2O2S. The van der Waals surface area contributed by atoms with Gasteiger partial charge < -0.3 is 10.5 Å². The van der Waals surface area contributed by atoms with Crippen LogP contribution in [-0.2, 0) is 4.74 Å². The SMILES string of the molecule is COC(=O)c1nc(N)sc1-c1ccc(Cl)c(Br)c1. The maximum Gasteiger partial charge on any atom is 0.358 e. The minimum atomic E-state index is -0.510. The maximum absolute atomic E-state index is 11.6. The summed E-state index contributed by atoms with van der Waals surface area (Å²) < 4.78 is 5.42. The van der Waals surface area contributed by atoms with E-state index in [1.165, 1.54) is 18.4 Å². The van der Waals surface area contributed by atoms with E-state index in [4.69, 9.17) is 17.3 Å². The highest BCUT2D eigenvalue weighted by Crippen LogP contribution is 2.35. The molecule has 7 heteroatoms. The third kappa shape index (κ3) is 2.50. The van der Waals surface area contributed by atoms with Crippen molar-refractivity contribution in [3.05, 3.63) is 33.4 Å². The van der Waals surface area contributed by atoms with Gasteiger partial charge in [0.2, 0.25) is 0 Å². The molecule has 0 aliphatic heterocycles. The lowest BCUT2D eigenvalue weighted by Crippen LogP contribution is -2.03. The molecule has 0 amide bonds. The van der Waals surface area contributed by atoms with Gasteiger partial charge in [-0.3, -0.25) is 0 Å². The molecular weight excluding hydrogens is 340 g/mol. The highest BCUT2D eigenvalue weighted by molar-refractivity contribution is 9.10. The fraction of sp³-hybridized carbons (Fsp3) is 0.0909. The zero-order valence-electron chi connectivity index (χ0n) is 9.24. The Labute approximate surface area is 121 Å². The number of benzene rings is 1. The van der Waals surface area contributed by atoms with E-state index in [1.54, 1.807) is 12.1 Å². The number of carbonyl (C=O) groups excluding carboxylic acids is 1. The number of ether oxygens (including phenoxy) is 1. The number of nitrogens with zero attached hydrogens (tertiary/aromatic N) is 1. The van der Waals surface area contributed by atoms with Crippen LogP contribution in [0.5, 0.6) is 0 Å². The first-order valence-corrected chi connectivity index (χ1v) is 6.81. The zero-order chi connectivity index (χ0) is 13.3. The van der Waals surface area contributed by atoms with Gasteiger partial charge in [-0.15, -0.1) is 0 Å². The van der Waals surface area contributed by atoms with E-state index < -0.39 is 5.97 Å². The molecule has 0 bridgehead atoms. The molecule has 0 radical (unpaired) electrons. The molecule has 0 unspecified atom stereocenters. The summed E-state index contributed by atoms with van der Waals surface area (Å²) in [6, 6.07) is 5.34. The monoisotopic (exact) mass is 346 g/mol. The van der Waals surface area contributed by atoms with Crippen molar-refractivity contribution in [2.24, 2.45) is 0 Å². The molecule has 0 spiro atoms. The van der Waals surface area contributed by atoms with Crippen LogP contribution >= 0.6 is 38.9 Å². The lowest BCUT2D eigenvalue weighted by atomic mass is 10.1. The highest BCUT2D eigenvalue weighted by Gasteiger charge is 2.19. The van der Waals surface area contributed by atoms with Gasteiger partial charge >= 0.3 is 5.97 Å². The number of rotatable bonds is 2. The second-order valence-corrected chi connectivity index (χ2v) is 5.64. The minimum Gasteiger partial charge on any atom is -0.464 e. The maximum atomic E-state index is 11.6. The van der Waals surface area contributed by atoms with E-state index in [0.29, 0.717) is 15.0 Å². The van der Waals surface area contributed by atoms with Gasteiger partial charge in [-0.1, -0.05) is 29.0 Å². The second-order valence-electron chi connectivity index (χ2n) is 3.35. The number of esters is 1. The third-order valence-corrected chi connectivity index (χ3v) is 4.35. The summed E-state index contributed by atoms with van der Waals surface area (Å²) in [5.41, 5.74) is 6.66.